The predicted octanol–water partition coefficient (Wildman–Crippen LogP) is 3.03. The second-order valence-corrected chi connectivity index (χ2v) is 7.70. The molecule has 1 atom stereocenters. The summed E-state index contributed by atoms with van der Waals surface area (Å²) in [6.07, 6.45) is 15.3. The Kier molecular flexibility index (Phi) is 2.92. The van der Waals surface area contributed by atoms with Crippen molar-refractivity contribution in [2.75, 3.05) is 6.54 Å². The summed E-state index contributed by atoms with van der Waals surface area (Å²) in [5.74, 6) is 3.19. The number of nitrogens with one attached hydrogen (secondary N) is 2. The van der Waals surface area contributed by atoms with Crippen LogP contribution in [0.3, 0.4) is 0 Å². The minimum Gasteiger partial charge on any atom is -0.302 e. The summed E-state index contributed by atoms with van der Waals surface area (Å²) >= 11 is 0. The molecular formula is C16H28N2. The van der Waals surface area contributed by atoms with Crippen LogP contribution in [-0.2, 0) is 0 Å². The first-order valence-corrected chi connectivity index (χ1v) is 8.32. The molecule has 4 aliphatic carbocycles. The zero-order chi connectivity index (χ0) is 12.0. The van der Waals surface area contributed by atoms with Crippen molar-refractivity contribution in [2.24, 2.45) is 17.8 Å². The summed E-state index contributed by atoms with van der Waals surface area (Å²) < 4.78 is 0. The Hall–Kier alpha value is -0.0800. The fourth-order valence-corrected chi connectivity index (χ4v) is 5.81. The van der Waals surface area contributed by atoms with E-state index in [1.807, 2.05) is 0 Å². The number of rotatable bonds is 2. The molecule has 4 saturated carbocycles. The Morgan fingerprint density at radius 1 is 0.833 bits per heavy atom. The van der Waals surface area contributed by atoms with Crippen LogP contribution in [-0.4, -0.2) is 18.2 Å². The van der Waals surface area contributed by atoms with Crippen molar-refractivity contribution in [1.82, 2.24) is 10.6 Å². The highest BCUT2D eigenvalue weighted by Crippen LogP contribution is 2.55. The molecule has 1 heterocycles. The van der Waals surface area contributed by atoms with Crippen LogP contribution in [0.4, 0.5) is 0 Å². The summed E-state index contributed by atoms with van der Waals surface area (Å²) in [7, 11) is 0. The second-order valence-electron chi connectivity index (χ2n) is 7.70. The van der Waals surface area contributed by atoms with Gasteiger partial charge in [0.1, 0.15) is 0 Å². The molecule has 4 bridgehead atoms. The molecule has 5 aliphatic rings. The Morgan fingerprint density at radius 2 is 1.50 bits per heavy atom. The maximum absolute atomic E-state index is 4.09. The van der Waals surface area contributed by atoms with E-state index in [1.165, 1.54) is 51.5 Å². The van der Waals surface area contributed by atoms with Gasteiger partial charge in [-0.05, 0) is 75.7 Å². The minimum atomic E-state index is 0.538. The number of hydrogen-bond donors (Lipinski definition) is 2. The maximum atomic E-state index is 4.09. The van der Waals surface area contributed by atoms with Gasteiger partial charge in [0.25, 0.3) is 0 Å². The van der Waals surface area contributed by atoms with Gasteiger partial charge in [-0.3, -0.25) is 5.32 Å². The van der Waals surface area contributed by atoms with Crippen molar-refractivity contribution in [3.8, 4) is 0 Å². The van der Waals surface area contributed by atoms with E-state index in [1.54, 1.807) is 19.3 Å². The first-order valence-electron chi connectivity index (χ1n) is 8.32. The van der Waals surface area contributed by atoms with Crippen LogP contribution in [0, 0.1) is 17.8 Å². The fourth-order valence-electron chi connectivity index (χ4n) is 5.81. The molecule has 0 amide bonds. The lowest BCUT2D eigenvalue weighted by Gasteiger charge is -2.58. The van der Waals surface area contributed by atoms with Gasteiger partial charge in [0.05, 0.1) is 6.17 Å². The molecule has 2 heteroatoms. The van der Waals surface area contributed by atoms with E-state index in [4.69, 9.17) is 0 Å². The van der Waals surface area contributed by atoms with Gasteiger partial charge in [-0.25, -0.2) is 0 Å². The van der Waals surface area contributed by atoms with Crippen LogP contribution in [0.5, 0.6) is 0 Å². The summed E-state index contributed by atoms with van der Waals surface area (Å²) in [5.41, 5.74) is 0.538. The van der Waals surface area contributed by atoms with Gasteiger partial charge >= 0.3 is 0 Å². The summed E-state index contributed by atoms with van der Waals surface area (Å²) in [6.45, 7) is 1.23. The standard InChI is InChI=1S/C16H28N2/c1-2-4-15(17-5-3-1)18-16-9-12-6-13(10-16)8-14(7-12)11-16/h12-15,17-18H,1-11H2. The van der Waals surface area contributed by atoms with E-state index in [9.17, 15) is 0 Å². The van der Waals surface area contributed by atoms with Crippen molar-refractivity contribution in [3.05, 3.63) is 0 Å². The van der Waals surface area contributed by atoms with Gasteiger partial charge in [0, 0.05) is 5.54 Å². The van der Waals surface area contributed by atoms with Crippen molar-refractivity contribution >= 4 is 0 Å². The van der Waals surface area contributed by atoms with Crippen LogP contribution in [0.15, 0.2) is 0 Å². The van der Waals surface area contributed by atoms with Crippen molar-refractivity contribution in [3.63, 3.8) is 0 Å². The van der Waals surface area contributed by atoms with Crippen LogP contribution in [0.25, 0.3) is 0 Å². The molecule has 1 unspecified atom stereocenters. The molecule has 1 saturated heterocycles. The Morgan fingerprint density at radius 3 is 2.17 bits per heavy atom. The normalized spacial score (nSPS) is 51.3. The third-order valence-electron chi connectivity index (χ3n) is 6.08. The van der Waals surface area contributed by atoms with Gasteiger partial charge in [0.15, 0.2) is 0 Å². The third kappa shape index (κ3) is 2.12. The molecule has 1 aliphatic heterocycles. The zero-order valence-corrected chi connectivity index (χ0v) is 11.6. The lowest BCUT2D eigenvalue weighted by molar-refractivity contribution is -0.0275. The van der Waals surface area contributed by atoms with E-state index in [0.29, 0.717) is 11.7 Å². The largest absolute Gasteiger partial charge is 0.302 e. The van der Waals surface area contributed by atoms with Gasteiger partial charge in [-0.1, -0.05) is 12.8 Å². The molecule has 0 aromatic heterocycles. The second kappa shape index (κ2) is 4.49. The molecule has 18 heavy (non-hydrogen) atoms. The van der Waals surface area contributed by atoms with Crippen molar-refractivity contribution in [1.29, 1.82) is 0 Å². The zero-order valence-electron chi connectivity index (χ0n) is 11.6. The van der Waals surface area contributed by atoms with E-state index in [-0.39, 0.29) is 0 Å². The molecule has 2 nitrogen and oxygen atoms in total. The molecular weight excluding hydrogens is 220 g/mol. The van der Waals surface area contributed by atoms with Gasteiger partial charge < -0.3 is 5.32 Å². The van der Waals surface area contributed by atoms with Crippen molar-refractivity contribution in [2.45, 2.75) is 75.9 Å². The average molecular weight is 248 g/mol. The van der Waals surface area contributed by atoms with Gasteiger partial charge in [-0.2, -0.15) is 0 Å². The SMILES string of the molecule is C1CCNC(NC23CC4CC(CC(C4)C2)C3)CC1. The van der Waals surface area contributed by atoms with E-state index in [0.717, 1.165) is 17.8 Å². The van der Waals surface area contributed by atoms with E-state index >= 15 is 0 Å². The van der Waals surface area contributed by atoms with Crippen LogP contribution < -0.4 is 10.6 Å². The molecule has 0 aromatic carbocycles. The molecule has 2 N–H and O–H groups in total. The predicted molar refractivity (Wildman–Crippen MR) is 74.3 cm³/mol. The Labute approximate surface area is 111 Å². The average Bonchev–Trinajstić information content (AvgIpc) is 2.55. The minimum absolute atomic E-state index is 0.538. The van der Waals surface area contributed by atoms with Crippen molar-refractivity contribution < 1.29 is 0 Å². The highest BCUT2D eigenvalue weighted by Gasteiger charge is 2.51. The highest BCUT2D eigenvalue weighted by molar-refractivity contribution is 5.07. The first kappa shape index (κ1) is 11.7. The smallest absolute Gasteiger partial charge is 0.0575 e. The molecule has 0 aromatic rings. The van der Waals surface area contributed by atoms with E-state index < -0.39 is 0 Å². The molecule has 102 valence electrons. The monoisotopic (exact) mass is 248 g/mol. The fraction of sp³-hybridized carbons (Fsp3) is 1.00. The van der Waals surface area contributed by atoms with Gasteiger partial charge in [-0.15, -0.1) is 0 Å². The topological polar surface area (TPSA) is 24.1 Å². The molecule has 5 fully saturated rings. The first-order chi connectivity index (χ1) is 8.81. The van der Waals surface area contributed by atoms with Gasteiger partial charge in [0.2, 0.25) is 0 Å². The molecule has 0 spiro atoms. The van der Waals surface area contributed by atoms with Crippen LogP contribution >= 0.6 is 0 Å². The van der Waals surface area contributed by atoms with Crippen LogP contribution in [0.2, 0.25) is 0 Å². The lowest BCUT2D eigenvalue weighted by atomic mass is 9.53. The summed E-state index contributed by atoms with van der Waals surface area (Å²) in [4.78, 5) is 0. The van der Waals surface area contributed by atoms with Crippen LogP contribution in [0.1, 0.15) is 64.2 Å². The Balaban J connectivity index is 1.46. The third-order valence-corrected chi connectivity index (χ3v) is 6.08. The Bertz CT molecular complexity index is 269. The molecule has 5 rings (SSSR count). The number of hydrogen-bond acceptors (Lipinski definition) is 2. The summed E-state index contributed by atoms with van der Waals surface area (Å²) in [6, 6.07) is 0. The summed E-state index contributed by atoms with van der Waals surface area (Å²) in [5, 5.41) is 7.84. The quantitative estimate of drug-likeness (QED) is 0.785. The highest BCUT2D eigenvalue weighted by atomic mass is 15.2. The molecule has 0 radical (unpaired) electrons. The lowest BCUT2D eigenvalue weighted by Crippen LogP contribution is -2.63. The van der Waals surface area contributed by atoms with E-state index in [2.05, 4.69) is 10.6 Å². The maximum Gasteiger partial charge on any atom is 0.0575 e.